The first-order chi connectivity index (χ1) is 8.15. The number of nitrogens with two attached hydrogens (primary N) is 3. The van der Waals surface area contributed by atoms with Gasteiger partial charge in [0, 0.05) is 29.3 Å². The van der Waals surface area contributed by atoms with Crippen LogP contribution < -0.4 is 22.5 Å². The van der Waals surface area contributed by atoms with E-state index < -0.39 is 0 Å². The third-order valence-corrected chi connectivity index (χ3v) is 2.56. The molecule has 18 heavy (non-hydrogen) atoms. The first-order valence-corrected chi connectivity index (χ1v) is 5.38. The SMILES string of the molecule is Cl.Nc1ccc(NCc2cc(N)ccc2N)cc1. The van der Waals surface area contributed by atoms with Gasteiger partial charge in [0.25, 0.3) is 0 Å². The van der Waals surface area contributed by atoms with E-state index in [1.54, 1.807) is 6.07 Å². The Morgan fingerprint density at radius 1 is 0.833 bits per heavy atom. The molecule has 2 rings (SSSR count). The van der Waals surface area contributed by atoms with Crippen molar-refractivity contribution in [2.75, 3.05) is 22.5 Å². The number of halogens is 1. The molecular formula is C13H17ClN4. The third kappa shape index (κ3) is 3.46. The maximum Gasteiger partial charge on any atom is 0.0421 e. The van der Waals surface area contributed by atoms with Crippen molar-refractivity contribution in [2.45, 2.75) is 6.54 Å². The Bertz CT molecular complexity index is 511. The summed E-state index contributed by atoms with van der Waals surface area (Å²) < 4.78 is 0. The zero-order valence-electron chi connectivity index (χ0n) is 9.89. The highest BCUT2D eigenvalue weighted by Gasteiger charge is 1.99. The molecule has 7 N–H and O–H groups in total. The van der Waals surface area contributed by atoms with Gasteiger partial charge >= 0.3 is 0 Å². The number of benzene rings is 2. The lowest BCUT2D eigenvalue weighted by Gasteiger charge is -2.09. The van der Waals surface area contributed by atoms with E-state index in [1.165, 1.54) is 0 Å². The lowest BCUT2D eigenvalue weighted by atomic mass is 10.1. The summed E-state index contributed by atoms with van der Waals surface area (Å²) in [5.74, 6) is 0. The Balaban J connectivity index is 0.00000162. The lowest BCUT2D eigenvalue weighted by molar-refractivity contribution is 1.15. The minimum atomic E-state index is 0. The van der Waals surface area contributed by atoms with Gasteiger partial charge in [0.05, 0.1) is 0 Å². The van der Waals surface area contributed by atoms with Crippen molar-refractivity contribution in [3.05, 3.63) is 48.0 Å². The van der Waals surface area contributed by atoms with Crippen LogP contribution >= 0.6 is 12.4 Å². The highest BCUT2D eigenvalue weighted by atomic mass is 35.5. The highest BCUT2D eigenvalue weighted by Crippen LogP contribution is 2.18. The minimum Gasteiger partial charge on any atom is -0.399 e. The summed E-state index contributed by atoms with van der Waals surface area (Å²) in [6.07, 6.45) is 0. The molecule has 0 aliphatic carbocycles. The van der Waals surface area contributed by atoms with Gasteiger partial charge in [-0.25, -0.2) is 0 Å². The van der Waals surface area contributed by atoms with E-state index in [2.05, 4.69) is 5.32 Å². The Kier molecular flexibility index (Phi) is 4.68. The third-order valence-electron chi connectivity index (χ3n) is 2.56. The minimum absolute atomic E-state index is 0. The van der Waals surface area contributed by atoms with Crippen LogP contribution in [0.5, 0.6) is 0 Å². The summed E-state index contributed by atoms with van der Waals surface area (Å²) in [7, 11) is 0. The standard InChI is InChI=1S/C13H16N4.ClH/c14-10-1-4-12(5-2-10)17-8-9-7-11(15)3-6-13(9)16;/h1-7,17H,8,14-16H2;1H. The van der Waals surface area contributed by atoms with Crippen LogP contribution in [0.4, 0.5) is 22.7 Å². The average molecular weight is 265 g/mol. The van der Waals surface area contributed by atoms with E-state index in [9.17, 15) is 0 Å². The van der Waals surface area contributed by atoms with Gasteiger partial charge in [0.1, 0.15) is 0 Å². The van der Waals surface area contributed by atoms with Crippen molar-refractivity contribution < 1.29 is 0 Å². The molecule has 0 radical (unpaired) electrons. The summed E-state index contributed by atoms with van der Waals surface area (Å²) >= 11 is 0. The summed E-state index contributed by atoms with van der Waals surface area (Å²) in [6.45, 7) is 0.640. The quantitative estimate of drug-likeness (QED) is 0.641. The summed E-state index contributed by atoms with van der Waals surface area (Å²) in [6, 6.07) is 13.0. The van der Waals surface area contributed by atoms with Gasteiger partial charge in [-0.05, 0) is 48.0 Å². The molecule has 0 heterocycles. The van der Waals surface area contributed by atoms with E-state index in [4.69, 9.17) is 17.2 Å². The molecule has 0 aliphatic rings. The maximum absolute atomic E-state index is 5.86. The number of hydrogen-bond donors (Lipinski definition) is 4. The van der Waals surface area contributed by atoms with Crippen LogP contribution in [-0.2, 0) is 6.54 Å². The number of anilines is 4. The van der Waals surface area contributed by atoms with E-state index in [0.29, 0.717) is 12.2 Å². The fourth-order valence-corrected chi connectivity index (χ4v) is 1.58. The second kappa shape index (κ2) is 6.02. The number of hydrogen-bond acceptors (Lipinski definition) is 4. The zero-order chi connectivity index (χ0) is 12.3. The predicted octanol–water partition coefficient (Wildman–Crippen LogP) is 2.47. The van der Waals surface area contributed by atoms with Crippen molar-refractivity contribution >= 4 is 35.2 Å². The molecule has 0 spiro atoms. The molecule has 2 aromatic rings. The second-order valence-electron chi connectivity index (χ2n) is 3.93. The lowest BCUT2D eigenvalue weighted by Crippen LogP contribution is -2.03. The summed E-state index contributed by atoms with van der Waals surface area (Å²) in [5.41, 5.74) is 21.4. The van der Waals surface area contributed by atoms with Crippen LogP contribution in [0.15, 0.2) is 42.5 Å². The predicted molar refractivity (Wildman–Crippen MR) is 80.7 cm³/mol. The van der Waals surface area contributed by atoms with Crippen molar-refractivity contribution in [3.8, 4) is 0 Å². The molecule has 0 fully saturated rings. The van der Waals surface area contributed by atoms with Crippen LogP contribution in [-0.4, -0.2) is 0 Å². The Hall–Kier alpha value is -2.07. The normalized spacial score (nSPS) is 9.56. The molecular weight excluding hydrogens is 248 g/mol. The van der Waals surface area contributed by atoms with Crippen LogP contribution in [0.2, 0.25) is 0 Å². The molecule has 0 atom stereocenters. The first kappa shape index (κ1) is 14.0. The molecule has 0 aromatic heterocycles. The molecule has 0 saturated carbocycles. The molecule has 0 aliphatic heterocycles. The number of rotatable bonds is 3. The largest absolute Gasteiger partial charge is 0.399 e. The van der Waals surface area contributed by atoms with Crippen molar-refractivity contribution in [3.63, 3.8) is 0 Å². The Labute approximate surface area is 113 Å². The van der Waals surface area contributed by atoms with E-state index in [-0.39, 0.29) is 12.4 Å². The zero-order valence-corrected chi connectivity index (χ0v) is 10.7. The van der Waals surface area contributed by atoms with Crippen molar-refractivity contribution in [1.29, 1.82) is 0 Å². The summed E-state index contributed by atoms with van der Waals surface area (Å²) in [4.78, 5) is 0. The van der Waals surface area contributed by atoms with Gasteiger partial charge in [-0.3, -0.25) is 0 Å². The van der Waals surface area contributed by atoms with Gasteiger partial charge in [-0.15, -0.1) is 12.4 Å². The smallest absolute Gasteiger partial charge is 0.0421 e. The van der Waals surface area contributed by atoms with Crippen molar-refractivity contribution in [1.82, 2.24) is 0 Å². The molecule has 4 nitrogen and oxygen atoms in total. The monoisotopic (exact) mass is 264 g/mol. The topological polar surface area (TPSA) is 90.1 Å². The van der Waals surface area contributed by atoms with E-state index in [0.717, 1.165) is 22.6 Å². The van der Waals surface area contributed by atoms with Crippen LogP contribution in [0.25, 0.3) is 0 Å². The maximum atomic E-state index is 5.86. The number of nitrogens with one attached hydrogen (secondary N) is 1. The van der Waals surface area contributed by atoms with Crippen LogP contribution in [0.1, 0.15) is 5.56 Å². The fraction of sp³-hybridized carbons (Fsp3) is 0.0769. The average Bonchev–Trinajstić information content (AvgIpc) is 2.32. The van der Waals surface area contributed by atoms with E-state index >= 15 is 0 Å². The molecule has 96 valence electrons. The Morgan fingerprint density at radius 2 is 1.44 bits per heavy atom. The Morgan fingerprint density at radius 3 is 2.11 bits per heavy atom. The highest BCUT2D eigenvalue weighted by molar-refractivity contribution is 5.85. The molecule has 0 bridgehead atoms. The van der Waals surface area contributed by atoms with Gasteiger partial charge in [0.15, 0.2) is 0 Å². The van der Waals surface area contributed by atoms with Gasteiger partial charge in [0.2, 0.25) is 0 Å². The molecule has 0 saturated heterocycles. The van der Waals surface area contributed by atoms with Crippen LogP contribution in [0.3, 0.4) is 0 Å². The van der Waals surface area contributed by atoms with Gasteiger partial charge in [-0.1, -0.05) is 0 Å². The van der Waals surface area contributed by atoms with Gasteiger partial charge < -0.3 is 22.5 Å². The molecule has 0 amide bonds. The van der Waals surface area contributed by atoms with Gasteiger partial charge in [-0.2, -0.15) is 0 Å². The first-order valence-electron chi connectivity index (χ1n) is 5.38. The van der Waals surface area contributed by atoms with Crippen LogP contribution in [0, 0.1) is 0 Å². The second-order valence-corrected chi connectivity index (χ2v) is 3.93. The van der Waals surface area contributed by atoms with Crippen molar-refractivity contribution in [2.24, 2.45) is 0 Å². The molecule has 5 heteroatoms. The molecule has 0 unspecified atom stereocenters. The fourth-order valence-electron chi connectivity index (χ4n) is 1.58. The number of nitrogen functional groups attached to an aromatic ring is 3. The molecule has 2 aromatic carbocycles. The summed E-state index contributed by atoms with van der Waals surface area (Å²) in [5, 5.41) is 3.27. The van der Waals surface area contributed by atoms with E-state index in [1.807, 2.05) is 36.4 Å².